The van der Waals surface area contributed by atoms with Crippen molar-refractivity contribution in [2.45, 2.75) is 13.8 Å². The number of carbonyl (C=O) groups is 2. The molecule has 0 amide bonds. The lowest BCUT2D eigenvalue weighted by Crippen LogP contribution is -2.13. The average Bonchev–Trinajstić information content (AvgIpc) is 2.78. The molecule has 0 aliphatic heterocycles. The minimum absolute atomic E-state index is 0.140. The van der Waals surface area contributed by atoms with Gasteiger partial charge < -0.3 is 14.5 Å². The lowest BCUT2D eigenvalue weighted by molar-refractivity contribution is 0.0477. The van der Waals surface area contributed by atoms with E-state index in [9.17, 15) is 9.59 Å². The van der Waals surface area contributed by atoms with Gasteiger partial charge in [0.15, 0.2) is 0 Å². The highest BCUT2D eigenvalue weighted by atomic mass is 16.5. The third kappa shape index (κ3) is 2.45. The Morgan fingerprint density at radius 2 is 1.68 bits per heavy atom. The Hall–Kier alpha value is -2.30. The van der Waals surface area contributed by atoms with Gasteiger partial charge in [-0.15, -0.1) is 0 Å². The average molecular weight is 261 g/mol. The van der Waals surface area contributed by atoms with Gasteiger partial charge in [-0.05, 0) is 19.9 Å². The van der Waals surface area contributed by atoms with E-state index in [1.807, 2.05) is 6.07 Å². The minimum atomic E-state index is -0.554. The van der Waals surface area contributed by atoms with Gasteiger partial charge in [0, 0.05) is 10.9 Å². The molecule has 0 fully saturated rings. The van der Waals surface area contributed by atoms with Gasteiger partial charge >= 0.3 is 11.9 Å². The molecule has 2 rings (SSSR count). The second kappa shape index (κ2) is 5.56. The largest absolute Gasteiger partial charge is 0.462 e. The van der Waals surface area contributed by atoms with E-state index in [1.54, 1.807) is 32.0 Å². The summed E-state index contributed by atoms with van der Waals surface area (Å²) in [6.07, 6.45) is 0. The Kier molecular flexibility index (Phi) is 3.85. The minimum Gasteiger partial charge on any atom is -0.462 e. The highest BCUT2D eigenvalue weighted by Crippen LogP contribution is 2.24. The molecule has 0 aliphatic rings. The fraction of sp³-hybridized carbons (Fsp3) is 0.286. The van der Waals surface area contributed by atoms with E-state index in [0.29, 0.717) is 10.9 Å². The normalized spacial score (nSPS) is 10.4. The predicted molar refractivity (Wildman–Crippen MR) is 70.2 cm³/mol. The van der Waals surface area contributed by atoms with Gasteiger partial charge in [-0.3, -0.25) is 0 Å². The van der Waals surface area contributed by atoms with E-state index in [0.717, 1.165) is 0 Å². The van der Waals surface area contributed by atoms with Crippen molar-refractivity contribution in [1.82, 2.24) is 4.98 Å². The van der Waals surface area contributed by atoms with Crippen LogP contribution in [0.2, 0.25) is 0 Å². The molecule has 1 aromatic heterocycles. The van der Waals surface area contributed by atoms with Crippen LogP contribution in [0, 0.1) is 0 Å². The molecular weight excluding hydrogens is 246 g/mol. The second-order valence-electron chi connectivity index (χ2n) is 3.86. The van der Waals surface area contributed by atoms with Gasteiger partial charge in [-0.25, -0.2) is 9.59 Å². The van der Waals surface area contributed by atoms with Crippen molar-refractivity contribution in [2.24, 2.45) is 0 Å². The highest BCUT2D eigenvalue weighted by molar-refractivity contribution is 6.12. The number of para-hydroxylation sites is 1. The molecule has 1 heterocycles. The molecule has 1 aromatic carbocycles. The van der Waals surface area contributed by atoms with Crippen LogP contribution >= 0.6 is 0 Å². The number of aromatic amines is 1. The van der Waals surface area contributed by atoms with Gasteiger partial charge in [0.1, 0.15) is 5.69 Å². The Balaban J connectivity index is 2.58. The summed E-state index contributed by atoms with van der Waals surface area (Å²) in [5, 5.41) is 0.656. The third-order valence-corrected chi connectivity index (χ3v) is 2.67. The zero-order valence-corrected chi connectivity index (χ0v) is 10.9. The number of hydrogen-bond acceptors (Lipinski definition) is 4. The molecule has 0 aliphatic carbocycles. The van der Waals surface area contributed by atoms with E-state index < -0.39 is 11.9 Å². The highest BCUT2D eigenvalue weighted by Gasteiger charge is 2.24. The monoisotopic (exact) mass is 261 g/mol. The van der Waals surface area contributed by atoms with E-state index in [1.165, 1.54) is 0 Å². The number of benzene rings is 1. The Bertz CT molecular complexity index is 615. The number of rotatable bonds is 4. The van der Waals surface area contributed by atoms with E-state index in [-0.39, 0.29) is 24.5 Å². The topological polar surface area (TPSA) is 68.4 Å². The van der Waals surface area contributed by atoms with Crippen LogP contribution in [0.4, 0.5) is 0 Å². The maximum atomic E-state index is 12.0. The van der Waals surface area contributed by atoms with Crippen molar-refractivity contribution < 1.29 is 19.1 Å². The van der Waals surface area contributed by atoms with Gasteiger partial charge in [-0.2, -0.15) is 0 Å². The molecule has 0 saturated carbocycles. The molecule has 2 aromatic rings. The number of fused-ring (bicyclic) bond motifs is 1. The summed E-state index contributed by atoms with van der Waals surface area (Å²) in [7, 11) is 0. The molecule has 1 N–H and O–H groups in total. The quantitative estimate of drug-likeness (QED) is 0.859. The molecule has 5 nitrogen and oxygen atoms in total. The van der Waals surface area contributed by atoms with Crippen LogP contribution < -0.4 is 0 Å². The zero-order valence-electron chi connectivity index (χ0n) is 10.9. The van der Waals surface area contributed by atoms with Crippen LogP contribution in [0.15, 0.2) is 24.3 Å². The van der Waals surface area contributed by atoms with Crippen LogP contribution in [-0.2, 0) is 9.47 Å². The Morgan fingerprint density at radius 1 is 1.05 bits per heavy atom. The van der Waals surface area contributed by atoms with Gasteiger partial charge in [0.2, 0.25) is 0 Å². The van der Waals surface area contributed by atoms with Crippen LogP contribution in [0.25, 0.3) is 10.9 Å². The molecule has 100 valence electrons. The number of carbonyl (C=O) groups excluding carboxylic acids is 2. The van der Waals surface area contributed by atoms with Crippen molar-refractivity contribution in [2.75, 3.05) is 13.2 Å². The second-order valence-corrected chi connectivity index (χ2v) is 3.86. The number of nitrogens with one attached hydrogen (secondary N) is 1. The van der Waals surface area contributed by atoms with Crippen LogP contribution in [0.5, 0.6) is 0 Å². The zero-order chi connectivity index (χ0) is 13.8. The van der Waals surface area contributed by atoms with Crippen LogP contribution in [0.3, 0.4) is 0 Å². The smallest absolute Gasteiger partial charge is 0.355 e. The summed E-state index contributed by atoms with van der Waals surface area (Å²) in [5.41, 5.74) is 1.08. The summed E-state index contributed by atoms with van der Waals surface area (Å²) in [6, 6.07) is 7.18. The van der Waals surface area contributed by atoms with Crippen molar-refractivity contribution in [3.8, 4) is 0 Å². The molecule has 0 saturated heterocycles. The van der Waals surface area contributed by atoms with Gasteiger partial charge in [-0.1, -0.05) is 18.2 Å². The molecule has 19 heavy (non-hydrogen) atoms. The van der Waals surface area contributed by atoms with Crippen molar-refractivity contribution in [3.63, 3.8) is 0 Å². The fourth-order valence-corrected chi connectivity index (χ4v) is 1.91. The third-order valence-electron chi connectivity index (χ3n) is 2.67. The Labute approximate surface area is 110 Å². The van der Waals surface area contributed by atoms with Crippen molar-refractivity contribution >= 4 is 22.8 Å². The summed E-state index contributed by atoms with van der Waals surface area (Å²) < 4.78 is 9.95. The van der Waals surface area contributed by atoms with E-state index in [4.69, 9.17) is 9.47 Å². The summed E-state index contributed by atoms with van der Waals surface area (Å²) in [4.78, 5) is 26.8. The number of aromatic nitrogens is 1. The molecule has 0 bridgehead atoms. The standard InChI is InChI=1S/C14H15NO4/c1-3-18-13(16)11-9-7-5-6-8-10(9)15-12(11)14(17)19-4-2/h5-8,15H,3-4H2,1-2H3. The van der Waals surface area contributed by atoms with E-state index >= 15 is 0 Å². The SMILES string of the molecule is CCOC(=O)c1[nH]c2ccccc2c1C(=O)OCC. The molecule has 5 heteroatoms. The lowest BCUT2D eigenvalue weighted by Gasteiger charge is -2.04. The van der Waals surface area contributed by atoms with Crippen LogP contribution in [-0.4, -0.2) is 30.1 Å². The number of H-pyrrole nitrogens is 1. The fourth-order valence-electron chi connectivity index (χ4n) is 1.91. The molecule has 0 atom stereocenters. The molecular formula is C14H15NO4. The van der Waals surface area contributed by atoms with Gasteiger partial charge in [0.25, 0.3) is 0 Å². The van der Waals surface area contributed by atoms with Crippen molar-refractivity contribution in [3.05, 3.63) is 35.5 Å². The first-order valence-electron chi connectivity index (χ1n) is 6.14. The Morgan fingerprint density at radius 3 is 2.37 bits per heavy atom. The predicted octanol–water partition coefficient (Wildman–Crippen LogP) is 2.52. The number of ether oxygens (including phenoxy) is 2. The number of hydrogen-bond donors (Lipinski definition) is 1. The summed E-state index contributed by atoms with van der Waals surface area (Å²) >= 11 is 0. The van der Waals surface area contributed by atoms with Crippen molar-refractivity contribution in [1.29, 1.82) is 0 Å². The molecule has 0 unspecified atom stereocenters. The maximum absolute atomic E-state index is 12.0. The lowest BCUT2D eigenvalue weighted by atomic mass is 10.1. The summed E-state index contributed by atoms with van der Waals surface area (Å²) in [5.74, 6) is -1.08. The molecule has 0 spiro atoms. The van der Waals surface area contributed by atoms with Gasteiger partial charge in [0.05, 0.1) is 18.8 Å². The number of esters is 2. The first-order chi connectivity index (χ1) is 9.19. The summed E-state index contributed by atoms with van der Waals surface area (Å²) in [6.45, 7) is 3.93. The van der Waals surface area contributed by atoms with Crippen LogP contribution in [0.1, 0.15) is 34.7 Å². The molecule has 0 radical (unpaired) electrons. The maximum Gasteiger partial charge on any atom is 0.355 e. The first kappa shape index (κ1) is 13.1. The van der Waals surface area contributed by atoms with E-state index in [2.05, 4.69) is 4.98 Å². The first-order valence-corrected chi connectivity index (χ1v) is 6.14.